The summed E-state index contributed by atoms with van der Waals surface area (Å²) >= 11 is 0. The van der Waals surface area contributed by atoms with Crippen LogP contribution in [0.2, 0.25) is 0 Å². The zero-order chi connectivity index (χ0) is 19.4. The van der Waals surface area contributed by atoms with Gasteiger partial charge in [0.2, 0.25) is 0 Å². The molecule has 2 aromatic rings. The first kappa shape index (κ1) is 19.4. The molecule has 0 bridgehead atoms. The molecule has 1 saturated heterocycles. The van der Waals surface area contributed by atoms with Gasteiger partial charge in [0.25, 0.3) is 5.91 Å². The lowest BCUT2D eigenvalue weighted by Gasteiger charge is -2.32. The number of carbonyl (C=O) groups is 1. The predicted molar refractivity (Wildman–Crippen MR) is 107 cm³/mol. The van der Waals surface area contributed by atoms with Gasteiger partial charge in [-0.15, -0.1) is 0 Å². The zero-order valence-corrected chi connectivity index (χ0v) is 16.3. The van der Waals surface area contributed by atoms with Crippen molar-refractivity contribution in [1.82, 2.24) is 10.6 Å². The molecule has 1 amide bonds. The third kappa shape index (κ3) is 4.49. The zero-order valence-electron chi connectivity index (χ0n) is 16.3. The molecule has 0 aromatic heterocycles. The van der Waals surface area contributed by atoms with Crippen LogP contribution in [-0.4, -0.2) is 43.4 Å². The van der Waals surface area contributed by atoms with Crippen molar-refractivity contribution in [2.45, 2.75) is 32.3 Å². The number of benzene rings is 2. The van der Waals surface area contributed by atoms with Crippen LogP contribution in [0.4, 0.5) is 0 Å². The molecule has 3 rings (SSSR count). The number of carbonyl (C=O) groups excluding carboxylic acids is 1. The number of β-amino-alcohol motifs (C(OH)–C–C–N with tert-alkyl or cyclic N) is 1. The van der Waals surface area contributed by atoms with Crippen LogP contribution in [0.25, 0.3) is 11.1 Å². The second kappa shape index (κ2) is 8.11. The Morgan fingerprint density at radius 3 is 2.59 bits per heavy atom. The van der Waals surface area contributed by atoms with Crippen molar-refractivity contribution in [2.75, 3.05) is 26.7 Å². The van der Waals surface area contributed by atoms with Gasteiger partial charge in [0, 0.05) is 18.7 Å². The minimum Gasteiger partial charge on any atom is -0.496 e. The number of amides is 1. The number of aryl methyl sites for hydroxylation is 2. The van der Waals surface area contributed by atoms with E-state index in [0.717, 1.165) is 41.0 Å². The maximum Gasteiger partial charge on any atom is 0.251 e. The van der Waals surface area contributed by atoms with Crippen molar-refractivity contribution in [1.29, 1.82) is 0 Å². The van der Waals surface area contributed by atoms with Gasteiger partial charge in [-0.2, -0.15) is 0 Å². The smallest absolute Gasteiger partial charge is 0.251 e. The highest BCUT2D eigenvalue weighted by atomic mass is 16.5. The van der Waals surface area contributed by atoms with E-state index in [-0.39, 0.29) is 12.5 Å². The van der Waals surface area contributed by atoms with E-state index < -0.39 is 5.60 Å². The van der Waals surface area contributed by atoms with Gasteiger partial charge in [0.15, 0.2) is 0 Å². The van der Waals surface area contributed by atoms with Crippen LogP contribution in [0.1, 0.15) is 34.3 Å². The summed E-state index contributed by atoms with van der Waals surface area (Å²) in [6.07, 6.45) is 1.62. The summed E-state index contributed by atoms with van der Waals surface area (Å²) < 4.78 is 5.37. The predicted octanol–water partition coefficient (Wildman–Crippen LogP) is 2.82. The average Bonchev–Trinajstić information content (AvgIpc) is 2.68. The highest BCUT2D eigenvalue weighted by molar-refractivity contribution is 5.94. The Balaban J connectivity index is 1.70. The first-order valence-corrected chi connectivity index (χ1v) is 9.39. The minimum absolute atomic E-state index is 0.164. The SMILES string of the molecule is COc1cc(C)c(-c2ccc(C(=O)NC[C@@]3(O)CCCNC3)cc2)cc1C. The Morgan fingerprint density at radius 2 is 1.96 bits per heavy atom. The number of rotatable bonds is 5. The maximum atomic E-state index is 12.4. The fraction of sp³-hybridized carbons (Fsp3) is 0.409. The molecule has 1 aliphatic heterocycles. The van der Waals surface area contributed by atoms with E-state index in [1.165, 1.54) is 0 Å². The van der Waals surface area contributed by atoms with Crippen LogP contribution < -0.4 is 15.4 Å². The molecule has 2 aromatic carbocycles. The Labute approximate surface area is 160 Å². The largest absolute Gasteiger partial charge is 0.496 e. The van der Waals surface area contributed by atoms with E-state index in [1.54, 1.807) is 7.11 Å². The lowest BCUT2D eigenvalue weighted by Crippen LogP contribution is -2.52. The Bertz CT molecular complexity index is 809. The second-order valence-electron chi connectivity index (χ2n) is 7.40. The molecular weight excluding hydrogens is 340 g/mol. The monoisotopic (exact) mass is 368 g/mol. The fourth-order valence-electron chi connectivity index (χ4n) is 3.57. The second-order valence-corrected chi connectivity index (χ2v) is 7.40. The molecule has 1 heterocycles. The first-order valence-electron chi connectivity index (χ1n) is 9.39. The van der Waals surface area contributed by atoms with Crippen molar-refractivity contribution in [3.63, 3.8) is 0 Å². The van der Waals surface area contributed by atoms with Crippen molar-refractivity contribution < 1.29 is 14.6 Å². The van der Waals surface area contributed by atoms with Gasteiger partial charge in [-0.25, -0.2) is 0 Å². The highest BCUT2D eigenvalue weighted by Gasteiger charge is 2.29. The molecule has 0 unspecified atom stereocenters. The van der Waals surface area contributed by atoms with Crippen LogP contribution >= 0.6 is 0 Å². The molecule has 1 atom stereocenters. The van der Waals surface area contributed by atoms with Gasteiger partial charge in [-0.05, 0) is 79.8 Å². The maximum absolute atomic E-state index is 12.4. The van der Waals surface area contributed by atoms with Crippen molar-refractivity contribution in [2.24, 2.45) is 0 Å². The first-order chi connectivity index (χ1) is 12.9. The number of aliphatic hydroxyl groups is 1. The highest BCUT2D eigenvalue weighted by Crippen LogP contribution is 2.30. The van der Waals surface area contributed by atoms with E-state index in [9.17, 15) is 9.90 Å². The van der Waals surface area contributed by atoms with E-state index in [1.807, 2.05) is 37.3 Å². The molecule has 1 aliphatic rings. The molecular formula is C22H28N2O3. The molecule has 5 nitrogen and oxygen atoms in total. The molecule has 5 heteroatoms. The van der Waals surface area contributed by atoms with Crippen LogP contribution in [-0.2, 0) is 0 Å². The van der Waals surface area contributed by atoms with Crippen molar-refractivity contribution in [3.05, 3.63) is 53.1 Å². The number of hydrogen-bond acceptors (Lipinski definition) is 4. The van der Waals surface area contributed by atoms with E-state index >= 15 is 0 Å². The van der Waals surface area contributed by atoms with Crippen molar-refractivity contribution in [3.8, 4) is 16.9 Å². The minimum atomic E-state index is -0.856. The standard InChI is InChI=1S/C22H28N2O3/c1-15-12-20(27-3)16(2)11-19(15)17-5-7-18(8-6-17)21(25)24-14-22(26)9-4-10-23-13-22/h5-8,11-12,23,26H,4,9-10,13-14H2,1-3H3,(H,24,25)/t22-/m1/s1. The van der Waals surface area contributed by atoms with Crippen LogP contribution in [0.15, 0.2) is 36.4 Å². The summed E-state index contributed by atoms with van der Waals surface area (Å²) in [6.45, 7) is 5.77. The molecule has 1 fully saturated rings. The molecule has 0 saturated carbocycles. The quantitative estimate of drug-likeness (QED) is 0.759. The molecule has 3 N–H and O–H groups in total. The molecule has 0 spiro atoms. The lowest BCUT2D eigenvalue weighted by atomic mass is 9.94. The topological polar surface area (TPSA) is 70.6 Å². The van der Waals surface area contributed by atoms with Gasteiger partial charge >= 0.3 is 0 Å². The normalized spacial score (nSPS) is 19.6. The Hall–Kier alpha value is -2.37. The van der Waals surface area contributed by atoms with E-state index in [0.29, 0.717) is 18.5 Å². The Morgan fingerprint density at radius 1 is 1.22 bits per heavy atom. The van der Waals surface area contributed by atoms with Crippen LogP contribution in [0.3, 0.4) is 0 Å². The van der Waals surface area contributed by atoms with E-state index in [4.69, 9.17) is 4.74 Å². The van der Waals surface area contributed by atoms with Crippen LogP contribution in [0, 0.1) is 13.8 Å². The van der Waals surface area contributed by atoms with Gasteiger partial charge in [-0.1, -0.05) is 12.1 Å². The molecule has 0 radical (unpaired) electrons. The van der Waals surface area contributed by atoms with Gasteiger partial charge in [0.05, 0.1) is 12.7 Å². The fourth-order valence-corrected chi connectivity index (χ4v) is 3.57. The number of methoxy groups -OCH3 is 1. The summed E-state index contributed by atoms with van der Waals surface area (Å²) in [5.74, 6) is 0.713. The third-order valence-corrected chi connectivity index (χ3v) is 5.23. The number of piperidine rings is 1. The van der Waals surface area contributed by atoms with Crippen LogP contribution in [0.5, 0.6) is 5.75 Å². The van der Waals surface area contributed by atoms with E-state index in [2.05, 4.69) is 23.6 Å². The lowest BCUT2D eigenvalue weighted by molar-refractivity contribution is 0.0170. The molecule has 144 valence electrons. The average molecular weight is 368 g/mol. The summed E-state index contributed by atoms with van der Waals surface area (Å²) in [4.78, 5) is 12.4. The third-order valence-electron chi connectivity index (χ3n) is 5.23. The van der Waals surface area contributed by atoms with Gasteiger partial charge in [-0.3, -0.25) is 4.79 Å². The number of ether oxygens (including phenoxy) is 1. The summed E-state index contributed by atoms with van der Waals surface area (Å²) in [5.41, 5.74) is 4.13. The number of hydrogen-bond donors (Lipinski definition) is 3. The Kier molecular flexibility index (Phi) is 5.82. The van der Waals surface area contributed by atoms with Gasteiger partial charge < -0.3 is 20.5 Å². The molecule has 27 heavy (non-hydrogen) atoms. The van der Waals surface area contributed by atoms with Gasteiger partial charge in [0.1, 0.15) is 5.75 Å². The summed E-state index contributed by atoms with van der Waals surface area (Å²) in [6, 6.07) is 11.7. The number of nitrogens with one attached hydrogen (secondary N) is 2. The molecule has 0 aliphatic carbocycles. The van der Waals surface area contributed by atoms with Crippen molar-refractivity contribution >= 4 is 5.91 Å². The summed E-state index contributed by atoms with van der Waals surface area (Å²) in [5, 5.41) is 16.5. The summed E-state index contributed by atoms with van der Waals surface area (Å²) in [7, 11) is 1.68.